The SMILES string of the molecule is COCC(C)CNCc1cc(=O)n(C)c(=O)n1C. The fourth-order valence-electron chi connectivity index (χ4n) is 1.74. The number of ether oxygens (including phenoxy) is 1. The molecule has 0 spiro atoms. The Morgan fingerprint density at radius 1 is 1.33 bits per heavy atom. The number of methoxy groups -OCH3 is 1. The molecule has 0 saturated heterocycles. The summed E-state index contributed by atoms with van der Waals surface area (Å²) < 4.78 is 7.61. The lowest BCUT2D eigenvalue weighted by Crippen LogP contribution is -2.39. The Hall–Kier alpha value is -1.40. The Morgan fingerprint density at radius 3 is 2.61 bits per heavy atom. The summed E-state index contributed by atoms with van der Waals surface area (Å²) in [5.41, 5.74) is 0.108. The highest BCUT2D eigenvalue weighted by atomic mass is 16.5. The fourth-order valence-corrected chi connectivity index (χ4v) is 1.74. The van der Waals surface area contributed by atoms with Crippen molar-refractivity contribution in [3.63, 3.8) is 0 Å². The van der Waals surface area contributed by atoms with Crippen LogP contribution in [0.4, 0.5) is 0 Å². The zero-order chi connectivity index (χ0) is 13.7. The molecule has 0 amide bonds. The van der Waals surface area contributed by atoms with Crippen LogP contribution >= 0.6 is 0 Å². The van der Waals surface area contributed by atoms with Crippen molar-refractivity contribution < 1.29 is 4.74 Å². The smallest absolute Gasteiger partial charge is 0.330 e. The summed E-state index contributed by atoms with van der Waals surface area (Å²) in [5.74, 6) is 0.388. The fraction of sp³-hybridized carbons (Fsp3) is 0.667. The summed E-state index contributed by atoms with van der Waals surface area (Å²) in [6.07, 6.45) is 0. The van der Waals surface area contributed by atoms with Crippen LogP contribution in [0.3, 0.4) is 0 Å². The van der Waals surface area contributed by atoms with E-state index in [1.54, 1.807) is 14.2 Å². The lowest BCUT2D eigenvalue weighted by atomic mass is 10.2. The summed E-state index contributed by atoms with van der Waals surface area (Å²) in [4.78, 5) is 23.2. The lowest BCUT2D eigenvalue weighted by Gasteiger charge is -2.13. The second-order valence-electron chi connectivity index (χ2n) is 4.57. The van der Waals surface area contributed by atoms with Gasteiger partial charge in [0.1, 0.15) is 0 Å². The Morgan fingerprint density at radius 2 is 2.00 bits per heavy atom. The van der Waals surface area contributed by atoms with Gasteiger partial charge in [-0.15, -0.1) is 0 Å². The summed E-state index contributed by atoms with van der Waals surface area (Å²) in [5, 5.41) is 3.21. The molecule has 6 heteroatoms. The van der Waals surface area contributed by atoms with Crippen LogP contribution in [0.15, 0.2) is 15.7 Å². The van der Waals surface area contributed by atoms with Crippen LogP contribution in [-0.4, -0.2) is 29.4 Å². The number of rotatable bonds is 6. The molecule has 0 bridgehead atoms. The third kappa shape index (κ3) is 3.54. The average Bonchev–Trinajstić information content (AvgIpc) is 2.33. The summed E-state index contributed by atoms with van der Waals surface area (Å²) in [6.45, 7) is 4.02. The maximum Gasteiger partial charge on any atom is 0.330 e. The van der Waals surface area contributed by atoms with E-state index < -0.39 is 0 Å². The predicted molar refractivity (Wildman–Crippen MR) is 69.7 cm³/mol. The van der Waals surface area contributed by atoms with Crippen molar-refractivity contribution in [2.24, 2.45) is 20.0 Å². The Balaban J connectivity index is 2.69. The molecule has 1 N–H and O–H groups in total. The Bertz CT molecular complexity index is 504. The first-order valence-corrected chi connectivity index (χ1v) is 5.93. The van der Waals surface area contributed by atoms with Crippen LogP contribution in [0, 0.1) is 5.92 Å². The average molecular weight is 255 g/mol. The van der Waals surface area contributed by atoms with Crippen molar-refractivity contribution in [3.05, 3.63) is 32.6 Å². The van der Waals surface area contributed by atoms with E-state index in [4.69, 9.17) is 4.74 Å². The molecule has 0 aliphatic carbocycles. The number of hydrogen-bond acceptors (Lipinski definition) is 4. The third-order valence-corrected chi connectivity index (χ3v) is 2.88. The standard InChI is InChI=1S/C12H21N3O3/c1-9(8-18-4)6-13-7-10-5-11(16)15(3)12(17)14(10)2/h5,9,13H,6-8H2,1-4H3. The van der Waals surface area contributed by atoms with Crippen molar-refractivity contribution in [1.82, 2.24) is 14.5 Å². The molecule has 0 radical (unpaired) electrons. The van der Waals surface area contributed by atoms with Gasteiger partial charge < -0.3 is 10.1 Å². The van der Waals surface area contributed by atoms with E-state index in [2.05, 4.69) is 12.2 Å². The van der Waals surface area contributed by atoms with Gasteiger partial charge in [-0.1, -0.05) is 6.92 Å². The first-order chi connectivity index (χ1) is 8.47. The molecule has 6 nitrogen and oxygen atoms in total. The monoisotopic (exact) mass is 255 g/mol. The van der Waals surface area contributed by atoms with E-state index in [0.717, 1.165) is 11.1 Å². The molecule has 18 heavy (non-hydrogen) atoms. The van der Waals surface area contributed by atoms with Crippen molar-refractivity contribution >= 4 is 0 Å². The third-order valence-electron chi connectivity index (χ3n) is 2.88. The topological polar surface area (TPSA) is 65.3 Å². The van der Waals surface area contributed by atoms with Gasteiger partial charge in [0.2, 0.25) is 0 Å². The number of nitrogens with one attached hydrogen (secondary N) is 1. The van der Waals surface area contributed by atoms with Crippen LogP contribution in [0.25, 0.3) is 0 Å². The van der Waals surface area contributed by atoms with Gasteiger partial charge in [-0.3, -0.25) is 13.9 Å². The molecular formula is C12H21N3O3. The highest BCUT2D eigenvalue weighted by Gasteiger charge is 2.06. The molecule has 0 fully saturated rings. The van der Waals surface area contributed by atoms with Gasteiger partial charge in [-0.25, -0.2) is 4.79 Å². The molecule has 0 aliphatic rings. The number of aromatic nitrogens is 2. The van der Waals surface area contributed by atoms with E-state index >= 15 is 0 Å². The minimum Gasteiger partial charge on any atom is -0.384 e. The molecule has 1 aromatic rings. The van der Waals surface area contributed by atoms with Gasteiger partial charge in [0, 0.05) is 52.7 Å². The van der Waals surface area contributed by atoms with Gasteiger partial charge in [0.25, 0.3) is 5.56 Å². The van der Waals surface area contributed by atoms with Crippen LogP contribution < -0.4 is 16.6 Å². The largest absolute Gasteiger partial charge is 0.384 e. The second-order valence-corrected chi connectivity index (χ2v) is 4.57. The van der Waals surface area contributed by atoms with Crippen molar-refractivity contribution in [3.8, 4) is 0 Å². The van der Waals surface area contributed by atoms with Crippen LogP contribution in [0.1, 0.15) is 12.6 Å². The lowest BCUT2D eigenvalue weighted by molar-refractivity contribution is 0.158. The first-order valence-electron chi connectivity index (χ1n) is 5.93. The summed E-state index contributed by atoms with van der Waals surface area (Å²) >= 11 is 0. The minimum absolute atomic E-state index is 0.278. The molecule has 1 rings (SSSR count). The van der Waals surface area contributed by atoms with Crippen LogP contribution in [0.5, 0.6) is 0 Å². The molecular weight excluding hydrogens is 234 g/mol. The predicted octanol–water partition coefficient (Wildman–Crippen LogP) is -0.544. The van der Waals surface area contributed by atoms with Crippen LogP contribution in [-0.2, 0) is 25.4 Å². The van der Waals surface area contributed by atoms with Crippen molar-refractivity contribution in [1.29, 1.82) is 0 Å². The normalized spacial score (nSPS) is 12.7. The van der Waals surface area contributed by atoms with Crippen LogP contribution in [0.2, 0.25) is 0 Å². The molecule has 0 saturated carbocycles. The van der Waals surface area contributed by atoms with E-state index in [1.807, 2.05) is 0 Å². The van der Waals surface area contributed by atoms with Gasteiger partial charge >= 0.3 is 5.69 Å². The van der Waals surface area contributed by atoms with Crippen molar-refractivity contribution in [2.75, 3.05) is 20.3 Å². The zero-order valence-corrected chi connectivity index (χ0v) is 11.4. The summed E-state index contributed by atoms with van der Waals surface area (Å²) in [6, 6.07) is 1.48. The van der Waals surface area contributed by atoms with E-state index in [0.29, 0.717) is 24.8 Å². The van der Waals surface area contributed by atoms with Crippen molar-refractivity contribution in [2.45, 2.75) is 13.5 Å². The molecule has 0 aromatic carbocycles. The first kappa shape index (κ1) is 14.7. The number of nitrogens with zero attached hydrogens (tertiary/aromatic N) is 2. The second kappa shape index (κ2) is 6.51. The van der Waals surface area contributed by atoms with Gasteiger partial charge in [0.05, 0.1) is 0 Å². The van der Waals surface area contributed by atoms with Gasteiger partial charge in [-0.2, -0.15) is 0 Å². The molecule has 0 aliphatic heterocycles. The molecule has 1 unspecified atom stereocenters. The quantitative estimate of drug-likeness (QED) is 0.741. The molecule has 1 heterocycles. The van der Waals surface area contributed by atoms with Gasteiger partial charge in [-0.05, 0) is 5.92 Å². The van der Waals surface area contributed by atoms with E-state index in [-0.39, 0.29) is 11.2 Å². The molecule has 1 atom stereocenters. The number of hydrogen-bond donors (Lipinski definition) is 1. The Labute approximate surface area is 106 Å². The van der Waals surface area contributed by atoms with Gasteiger partial charge in [0.15, 0.2) is 0 Å². The zero-order valence-electron chi connectivity index (χ0n) is 11.4. The Kier molecular flexibility index (Phi) is 5.30. The summed E-state index contributed by atoms with van der Waals surface area (Å²) in [7, 11) is 4.81. The van der Waals surface area contributed by atoms with E-state index in [9.17, 15) is 9.59 Å². The highest BCUT2D eigenvalue weighted by Crippen LogP contribution is 1.95. The molecule has 1 aromatic heterocycles. The molecule has 102 valence electrons. The van der Waals surface area contributed by atoms with E-state index in [1.165, 1.54) is 17.7 Å². The maximum absolute atomic E-state index is 11.7. The minimum atomic E-state index is -0.302. The highest BCUT2D eigenvalue weighted by molar-refractivity contribution is 5.01. The maximum atomic E-state index is 11.7.